The van der Waals surface area contributed by atoms with E-state index < -0.39 is 5.79 Å². The van der Waals surface area contributed by atoms with Gasteiger partial charge in [0, 0.05) is 18.9 Å². The minimum atomic E-state index is -1.06. The molecule has 0 aliphatic heterocycles. The molecule has 0 radical (unpaired) electrons. The molecule has 4 saturated carbocycles. The molecule has 1 unspecified atom stereocenters. The van der Waals surface area contributed by atoms with E-state index >= 15 is 0 Å². The van der Waals surface area contributed by atoms with Crippen molar-refractivity contribution < 1.29 is 33.6 Å². The lowest BCUT2D eigenvalue weighted by molar-refractivity contribution is -0.337. The number of Topliss-reactive ketones (excluding diaryl/α,β-unsaturated/α-hetero) is 1. The highest BCUT2D eigenvalue weighted by atomic mass is 17.2. The topological polar surface area (TPSA) is 80.3 Å². The molecule has 4 aliphatic rings. The van der Waals surface area contributed by atoms with Gasteiger partial charge in [-0.1, -0.05) is 38.5 Å². The molecule has 206 valence electrons. The van der Waals surface area contributed by atoms with Crippen LogP contribution in [0.5, 0.6) is 0 Å². The number of hydrogen-bond donors (Lipinski definition) is 0. The fourth-order valence-electron chi connectivity index (χ4n) is 7.04. The number of rotatable bonds is 12. The van der Waals surface area contributed by atoms with Gasteiger partial charge < -0.3 is 14.2 Å². The normalized spacial score (nSPS) is 32.5. The third-order valence-corrected chi connectivity index (χ3v) is 9.28. The van der Waals surface area contributed by atoms with Crippen molar-refractivity contribution in [2.24, 2.45) is 17.8 Å². The van der Waals surface area contributed by atoms with Crippen molar-refractivity contribution in [3.8, 4) is 0 Å². The van der Waals surface area contributed by atoms with Crippen LogP contribution in [0.25, 0.3) is 0 Å². The van der Waals surface area contributed by atoms with Crippen LogP contribution in [0.3, 0.4) is 0 Å². The first-order valence-corrected chi connectivity index (χ1v) is 14.8. The summed E-state index contributed by atoms with van der Waals surface area (Å²) in [6.45, 7) is 1.14. The van der Waals surface area contributed by atoms with Crippen molar-refractivity contribution in [2.45, 2.75) is 140 Å². The zero-order valence-corrected chi connectivity index (χ0v) is 22.3. The third-order valence-electron chi connectivity index (χ3n) is 9.28. The van der Waals surface area contributed by atoms with Gasteiger partial charge in [-0.15, -0.1) is 0 Å². The molecular weight excluding hydrogens is 460 g/mol. The predicted molar refractivity (Wildman–Crippen MR) is 135 cm³/mol. The van der Waals surface area contributed by atoms with Crippen LogP contribution in [0.2, 0.25) is 0 Å². The Morgan fingerprint density at radius 1 is 0.750 bits per heavy atom. The minimum absolute atomic E-state index is 0.0236. The molecule has 36 heavy (non-hydrogen) atoms. The quantitative estimate of drug-likeness (QED) is 0.137. The summed E-state index contributed by atoms with van der Waals surface area (Å²) in [6, 6.07) is 0. The van der Waals surface area contributed by atoms with E-state index in [4.69, 9.17) is 24.0 Å². The molecule has 1 atom stereocenters. The van der Waals surface area contributed by atoms with Crippen molar-refractivity contribution in [1.82, 2.24) is 0 Å². The Kier molecular flexibility index (Phi) is 11.1. The van der Waals surface area contributed by atoms with Gasteiger partial charge in [0.1, 0.15) is 6.10 Å². The van der Waals surface area contributed by atoms with Crippen molar-refractivity contribution >= 4 is 12.3 Å². The second-order valence-electron chi connectivity index (χ2n) is 11.7. The largest absolute Gasteiger partial charge is 0.465 e. The first-order valence-electron chi connectivity index (χ1n) is 14.8. The van der Waals surface area contributed by atoms with Crippen LogP contribution in [-0.4, -0.2) is 50.1 Å². The fraction of sp³-hybridized carbons (Fsp3) is 0.931. The highest BCUT2D eigenvalue weighted by Gasteiger charge is 2.51. The first-order chi connectivity index (χ1) is 17.6. The molecule has 7 heteroatoms. The van der Waals surface area contributed by atoms with Gasteiger partial charge in [-0.25, -0.2) is 9.78 Å². The van der Waals surface area contributed by atoms with Crippen LogP contribution < -0.4 is 0 Å². The van der Waals surface area contributed by atoms with Crippen LogP contribution in [0, 0.1) is 17.8 Å². The van der Waals surface area contributed by atoms with Gasteiger partial charge in [0.15, 0.2) is 5.78 Å². The summed E-state index contributed by atoms with van der Waals surface area (Å²) in [4.78, 5) is 35.7. The zero-order valence-electron chi connectivity index (χ0n) is 22.3. The highest BCUT2D eigenvalue weighted by molar-refractivity contribution is 5.88. The molecule has 7 nitrogen and oxygen atoms in total. The van der Waals surface area contributed by atoms with E-state index in [1.54, 1.807) is 7.11 Å². The first kappa shape index (κ1) is 28.0. The van der Waals surface area contributed by atoms with Crippen LogP contribution in [0.4, 0.5) is 0 Å². The average molecular weight is 509 g/mol. The molecule has 0 bridgehead atoms. The Balaban J connectivity index is 1.25. The smallest absolute Gasteiger partial charge is 0.293 e. The van der Waals surface area contributed by atoms with E-state index in [1.807, 2.05) is 0 Å². The van der Waals surface area contributed by atoms with E-state index in [0.717, 1.165) is 103 Å². The van der Waals surface area contributed by atoms with Crippen molar-refractivity contribution in [1.29, 1.82) is 0 Å². The lowest BCUT2D eigenvalue weighted by atomic mass is 9.75. The maximum atomic E-state index is 13.9. The number of ether oxygens (including phenoxy) is 3. The van der Waals surface area contributed by atoms with E-state index in [2.05, 4.69) is 0 Å². The second kappa shape index (κ2) is 14.2. The fourth-order valence-corrected chi connectivity index (χ4v) is 7.04. The molecule has 0 amide bonds. The van der Waals surface area contributed by atoms with Crippen molar-refractivity contribution in [3.63, 3.8) is 0 Å². The van der Waals surface area contributed by atoms with Gasteiger partial charge in [-0.05, 0) is 83.0 Å². The van der Waals surface area contributed by atoms with Gasteiger partial charge >= 0.3 is 0 Å². The molecular formula is C29H48O7. The van der Waals surface area contributed by atoms with Gasteiger partial charge in [0.2, 0.25) is 5.79 Å². The Morgan fingerprint density at radius 2 is 1.33 bits per heavy atom. The van der Waals surface area contributed by atoms with Crippen LogP contribution >= 0.6 is 0 Å². The molecule has 0 aromatic heterocycles. The van der Waals surface area contributed by atoms with Gasteiger partial charge in [-0.3, -0.25) is 9.59 Å². The maximum absolute atomic E-state index is 13.9. The molecule has 0 N–H and O–H groups in total. The monoisotopic (exact) mass is 508 g/mol. The molecule has 0 spiro atoms. The van der Waals surface area contributed by atoms with Crippen LogP contribution in [-0.2, 0) is 33.6 Å². The summed E-state index contributed by atoms with van der Waals surface area (Å²) in [5.74, 6) is -0.134. The summed E-state index contributed by atoms with van der Waals surface area (Å²) >= 11 is 0. The number of methoxy groups -OCH3 is 1. The summed E-state index contributed by atoms with van der Waals surface area (Å²) < 4.78 is 18.0. The number of hydrogen-bond acceptors (Lipinski definition) is 7. The summed E-state index contributed by atoms with van der Waals surface area (Å²) in [7, 11) is 1.70. The number of carbonyl (C=O) groups is 2. The molecule has 0 heterocycles. The Bertz CT molecular complexity index is 657. The summed E-state index contributed by atoms with van der Waals surface area (Å²) in [5.41, 5.74) is 0. The third kappa shape index (κ3) is 7.30. The lowest BCUT2D eigenvalue weighted by Gasteiger charge is -2.45. The molecule has 4 aliphatic carbocycles. The molecule has 0 saturated heterocycles. The zero-order chi connectivity index (χ0) is 25.2. The lowest BCUT2D eigenvalue weighted by Crippen LogP contribution is -2.55. The van der Waals surface area contributed by atoms with Crippen molar-refractivity contribution in [2.75, 3.05) is 13.7 Å². The summed E-state index contributed by atoms with van der Waals surface area (Å²) in [6.07, 6.45) is 18.5. The van der Waals surface area contributed by atoms with Gasteiger partial charge in [0.25, 0.3) is 6.47 Å². The minimum Gasteiger partial charge on any atom is -0.465 e. The van der Waals surface area contributed by atoms with Crippen molar-refractivity contribution in [3.05, 3.63) is 0 Å². The molecule has 4 rings (SSSR count). The molecule has 0 aromatic carbocycles. The second-order valence-corrected chi connectivity index (χ2v) is 11.7. The van der Waals surface area contributed by atoms with E-state index in [1.165, 1.54) is 12.8 Å². The predicted octanol–water partition coefficient (Wildman–Crippen LogP) is 6.07. The van der Waals surface area contributed by atoms with E-state index in [-0.39, 0.29) is 35.9 Å². The Labute approximate surface area is 217 Å². The van der Waals surface area contributed by atoms with Crippen LogP contribution in [0.15, 0.2) is 0 Å². The van der Waals surface area contributed by atoms with E-state index in [0.29, 0.717) is 19.0 Å². The van der Waals surface area contributed by atoms with Gasteiger partial charge in [0.05, 0.1) is 18.8 Å². The number of carbonyl (C=O) groups excluding carboxylic acids is 2. The SMILES string of the molecule is COC(OC1CCC(COOC2CCC(OC=O)CC2)CC1)(C(=O)C1CCCCC1)C1CCCCC1. The van der Waals surface area contributed by atoms with Crippen LogP contribution in [0.1, 0.15) is 116 Å². The average Bonchev–Trinajstić information content (AvgIpc) is 2.94. The molecule has 0 aromatic rings. The summed E-state index contributed by atoms with van der Waals surface area (Å²) in [5, 5.41) is 0. The number of ketones is 1. The maximum Gasteiger partial charge on any atom is 0.293 e. The standard InChI is InChI=1S/C29H48O7/c1-32-29(24-10-6-3-7-11-24,28(31)23-8-4-2-5-9-23)35-26-14-12-22(13-15-26)20-34-36-27-18-16-25(17-19-27)33-21-30/h21-27H,2-20H2,1H3. The Morgan fingerprint density at radius 3 is 1.94 bits per heavy atom. The van der Waals surface area contributed by atoms with Gasteiger partial charge in [-0.2, -0.15) is 0 Å². The highest BCUT2D eigenvalue weighted by Crippen LogP contribution is 2.43. The molecule has 4 fully saturated rings. The van der Waals surface area contributed by atoms with E-state index in [9.17, 15) is 9.59 Å². The Hall–Kier alpha value is -1.02.